The van der Waals surface area contributed by atoms with Gasteiger partial charge >= 0.3 is 0 Å². The van der Waals surface area contributed by atoms with E-state index in [1.807, 2.05) is 48.5 Å². The zero-order valence-corrected chi connectivity index (χ0v) is 18.6. The first-order valence-electron chi connectivity index (χ1n) is 10.6. The molecule has 1 aliphatic heterocycles. The lowest BCUT2D eigenvalue weighted by Crippen LogP contribution is -2.58. The lowest BCUT2D eigenvalue weighted by atomic mass is 9.46. The molecule has 2 amide bonds. The summed E-state index contributed by atoms with van der Waals surface area (Å²) in [7, 11) is 0. The Labute approximate surface area is 195 Å². The Bertz CT molecular complexity index is 1270. The van der Waals surface area contributed by atoms with Gasteiger partial charge in [0.25, 0.3) is 0 Å². The molecule has 1 heterocycles. The van der Waals surface area contributed by atoms with Crippen LogP contribution < -0.4 is 4.90 Å². The lowest BCUT2D eigenvalue weighted by Gasteiger charge is -2.55. The van der Waals surface area contributed by atoms with Crippen molar-refractivity contribution in [3.8, 4) is 0 Å². The summed E-state index contributed by atoms with van der Waals surface area (Å²) in [5, 5.41) is 12.0. The van der Waals surface area contributed by atoms with Gasteiger partial charge in [-0.1, -0.05) is 71.7 Å². The summed E-state index contributed by atoms with van der Waals surface area (Å²) in [5.74, 6) is -2.23. The molecule has 3 aliphatic carbocycles. The van der Waals surface area contributed by atoms with Crippen molar-refractivity contribution in [3.63, 3.8) is 0 Å². The molecule has 4 nitrogen and oxygen atoms in total. The average Bonchev–Trinajstić information content (AvgIpc) is 3.05. The molecule has 160 valence electrons. The number of nitrogens with zero attached hydrogens (tertiary/aromatic N) is 1. The van der Waals surface area contributed by atoms with Gasteiger partial charge in [0.05, 0.1) is 34.1 Å². The summed E-state index contributed by atoms with van der Waals surface area (Å²) in [4.78, 5) is 29.1. The quantitative estimate of drug-likeness (QED) is 0.548. The normalized spacial score (nSPS) is 28.4. The Morgan fingerprint density at radius 3 is 2.06 bits per heavy atom. The van der Waals surface area contributed by atoms with Crippen molar-refractivity contribution < 1.29 is 14.7 Å². The number of hydrogen-bond acceptors (Lipinski definition) is 3. The molecule has 0 spiro atoms. The van der Waals surface area contributed by atoms with Crippen LogP contribution in [0.15, 0.2) is 66.7 Å². The third kappa shape index (κ3) is 2.22. The van der Waals surface area contributed by atoms with Crippen molar-refractivity contribution in [2.24, 2.45) is 11.8 Å². The van der Waals surface area contributed by atoms with Gasteiger partial charge in [-0.05, 0) is 47.4 Å². The zero-order valence-electron chi connectivity index (χ0n) is 17.1. The van der Waals surface area contributed by atoms with E-state index in [1.54, 1.807) is 19.1 Å². The van der Waals surface area contributed by atoms with Gasteiger partial charge < -0.3 is 5.11 Å². The number of anilines is 1. The summed E-state index contributed by atoms with van der Waals surface area (Å²) < 4.78 is 0. The average molecular weight is 464 g/mol. The number of halogens is 2. The van der Waals surface area contributed by atoms with Crippen LogP contribution in [0, 0.1) is 11.8 Å². The molecule has 2 bridgehead atoms. The van der Waals surface area contributed by atoms with E-state index in [9.17, 15) is 14.7 Å². The molecule has 0 aromatic heterocycles. The second-order valence-electron chi connectivity index (χ2n) is 8.81. The molecule has 0 saturated carbocycles. The highest BCUT2D eigenvalue weighted by molar-refractivity contribution is 6.38. The molecular formula is C26H19Cl2NO3. The number of amides is 2. The monoisotopic (exact) mass is 463 g/mol. The third-order valence-electron chi connectivity index (χ3n) is 7.49. The first-order valence-corrected chi connectivity index (χ1v) is 11.3. The minimum atomic E-state index is -1.02. The number of aliphatic hydroxyl groups is 1. The van der Waals surface area contributed by atoms with E-state index < -0.39 is 23.4 Å². The molecule has 7 rings (SSSR count). The molecule has 1 N–H and O–H groups in total. The van der Waals surface area contributed by atoms with Crippen LogP contribution in [-0.4, -0.2) is 23.0 Å². The van der Waals surface area contributed by atoms with E-state index >= 15 is 0 Å². The maximum atomic E-state index is 14.0. The van der Waals surface area contributed by atoms with Crippen LogP contribution in [0.1, 0.15) is 35.1 Å². The largest absolute Gasteiger partial charge is 0.392 e. The first kappa shape index (κ1) is 20.0. The predicted octanol–water partition coefficient (Wildman–Crippen LogP) is 4.93. The fraction of sp³-hybridized carbons (Fsp3) is 0.231. The standard InChI is InChI=1S/C26H19Cl2NO3/c1-13(30)26-17-8-4-2-6-15(17)21(16-7-3-5-9-18(16)26)22-23(26)25(32)29(24(22)31)20-11-10-14(27)12-19(20)28/h2-13,21-23,30H,1H3/t13-,21?,22-,23-,26?/m0/s1. The van der Waals surface area contributed by atoms with Crippen LogP contribution in [0.2, 0.25) is 10.0 Å². The van der Waals surface area contributed by atoms with Crippen molar-refractivity contribution in [3.05, 3.63) is 99.0 Å². The molecular weight excluding hydrogens is 445 g/mol. The van der Waals surface area contributed by atoms with Crippen LogP contribution in [0.25, 0.3) is 0 Å². The molecule has 32 heavy (non-hydrogen) atoms. The summed E-state index contributed by atoms with van der Waals surface area (Å²) in [6.45, 7) is 1.71. The molecule has 3 aromatic carbocycles. The highest BCUT2D eigenvalue weighted by Crippen LogP contribution is 2.65. The van der Waals surface area contributed by atoms with Gasteiger partial charge in [-0.2, -0.15) is 0 Å². The summed E-state index contributed by atoms with van der Waals surface area (Å²) in [5.41, 5.74) is 3.15. The molecule has 0 radical (unpaired) electrons. The molecule has 4 aliphatic rings. The second-order valence-corrected chi connectivity index (χ2v) is 9.65. The van der Waals surface area contributed by atoms with Crippen molar-refractivity contribution in [1.82, 2.24) is 0 Å². The summed E-state index contributed by atoms with van der Waals surface area (Å²) >= 11 is 12.5. The Kier molecular flexibility index (Phi) is 4.17. The highest BCUT2D eigenvalue weighted by atomic mass is 35.5. The Balaban J connectivity index is 1.66. The molecule has 1 fully saturated rings. The SMILES string of the molecule is C[C@H](O)C12c3ccccc3C(c3ccccc31)[C@@H]1C(=O)N(c3ccc(Cl)cc3Cl)C(=O)[C@H]12. The van der Waals surface area contributed by atoms with Crippen LogP contribution in [-0.2, 0) is 15.0 Å². The van der Waals surface area contributed by atoms with E-state index in [0.717, 1.165) is 22.3 Å². The van der Waals surface area contributed by atoms with Crippen LogP contribution >= 0.6 is 23.2 Å². The van der Waals surface area contributed by atoms with Crippen LogP contribution in [0.3, 0.4) is 0 Å². The van der Waals surface area contributed by atoms with Crippen molar-refractivity contribution in [2.45, 2.75) is 24.4 Å². The highest BCUT2D eigenvalue weighted by Gasteiger charge is 2.69. The minimum absolute atomic E-state index is 0.242. The fourth-order valence-electron chi connectivity index (χ4n) is 6.44. The van der Waals surface area contributed by atoms with Gasteiger partial charge in [-0.25, -0.2) is 4.90 Å². The molecule has 1 saturated heterocycles. The lowest BCUT2D eigenvalue weighted by molar-refractivity contribution is -0.126. The van der Waals surface area contributed by atoms with Crippen molar-refractivity contribution in [1.29, 1.82) is 0 Å². The van der Waals surface area contributed by atoms with Gasteiger partial charge in [0.15, 0.2) is 0 Å². The molecule has 3 aromatic rings. The number of rotatable bonds is 2. The van der Waals surface area contributed by atoms with Gasteiger partial charge in [-0.3, -0.25) is 9.59 Å². The van der Waals surface area contributed by atoms with E-state index in [0.29, 0.717) is 10.7 Å². The number of aliphatic hydroxyl groups excluding tert-OH is 1. The minimum Gasteiger partial charge on any atom is -0.392 e. The number of carbonyl (C=O) groups is 2. The van der Waals surface area contributed by atoms with E-state index in [2.05, 4.69) is 0 Å². The Morgan fingerprint density at radius 2 is 1.50 bits per heavy atom. The van der Waals surface area contributed by atoms with E-state index in [1.165, 1.54) is 11.0 Å². The van der Waals surface area contributed by atoms with Gasteiger partial charge in [0.2, 0.25) is 11.8 Å². The number of benzene rings is 3. The number of imide groups is 1. The maximum absolute atomic E-state index is 14.0. The molecule has 3 atom stereocenters. The van der Waals surface area contributed by atoms with Gasteiger partial charge in [-0.15, -0.1) is 0 Å². The Hall–Kier alpha value is -2.66. The smallest absolute Gasteiger partial charge is 0.239 e. The number of carbonyl (C=O) groups excluding carboxylic acids is 2. The third-order valence-corrected chi connectivity index (χ3v) is 8.03. The van der Waals surface area contributed by atoms with Crippen molar-refractivity contribution in [2.75, 3.05) is 4.90 Å². The molecule has 6 heteroatoms. The fourth-order valence-corrected chi connectivity index (χ4v) is 6.93. The Morgan fingerprint density at radius 1 is 0.906 bits per heavy atom. The maximum Gasteiger partial charge on any atom is 0.239 e. The molecule has 0 unspecified atom stereocenters. The van der Waals surface area contributed by atoms with E-state index in [4.69, 9.17) is 23.2 Å². The van der Waals surface area contributed by atoms with Gasteiger partial charge in [0, 0.05) is 10.9 Å². The predicted molar refractivity (Wildman–Crippen MR) is 123 cm³/mol. The van der Waals surface area contributed by atoms with Crippen LogP contribution in [0.4, 0.5) is 5.69 Å². The zero-order chi connectivity index (χ0) is 22.4. The van der Waals surface area contributed by atoms with E-state index in [-0.39, 0.29) is 22.8 Å². The summed E-state index contributed by atoms with van der Waals surface area (Å²) in [6, 6.07) is 20.5. The number of hydrogen-bond donors (Lipinski definition) is 1. The summed E-state index contributed by atoms with van der Waals surface area (Å²) in [6.07, 6.45) is -0.893. The van der Waals surface area contributed by atoms with Crippen LogP contribution in [0.5, 0.6) is 0 Å². The second kappa shape index (κ2) is 6.67. The first-order chi connectivity index (χ1) is 15.4. The van der Waals surface area contributed by atoms with Gasteiger partial charge in [0.1, 0.15) is 0 Å². The van der Waals surface area contributed by atoms with Crippen molar-refractivity contribution >= 4 is 40.7 Å². The topological polar surface area (TPSA) is 57.6 Å².